The molecule has 0 aliphatic rings. The number of hydrogen-bond acceptors (Lipinski definition) is 4. The van der Waals surface area contributed by atoms with E-state index in [1.807, 2.05) is 18.2 Å². The molecular weight excluding hydrogens is 232 g/mol. The Kier molecular flexibility index (Phi) is 4.97. The maximum Gasteiger partial charge on any atom is 0.322 e. The lowest BCUT2D eigenvalue weighted by Crippen LogP contribution is -2.36. The molecule has 1 atom stereocenters. The van der Waals surface area contributed by atoms with Gasteiger partial charge in [-0.3, -0.25) is 4.79 Å². The fraction of sp³-hybridized carbons (Fsp3) is 0.462. The van der Waals surface area contributed by atoms with Gasteiger partial charge in [0.2, 0.25) is 0 Å². The van der Waals surface area contributed by atoms with Crippen molar-refractivity contribution in [2.24, 2.45) is 5.73 Å². The summed E-state index contributed by atoms with van der Waals surface area (Å²) in [5.41, 5.74) is 7.35. The van der Waals surface area contributed by atoms with Crippen LogP contribution >= 0.6 is 0 Å². The van der Waals surface area contributed by atoms with Crippen LogP contribution in [0.1, 0.15) is 25.3 Å². The fourth-order valence-corrected chi connectivity index (χ4v) is 1.61. The molecule has 0 aromatic heterocycles. The summed E-state index contributed by atoms with van der Waals surface area (Å²) in [6, 6.07) is 4.76. The molecule has 1 rings (SSSR count). The van der Waals surface area contributed by atoms with Crippen molar-refractivity contribution >= 4 is 11.7 Å². The first-order valence-corrected chi connectivity index (χ1v) is 5.86. The summed E-state index contributed by atoms with van der Waals surface area (Å²) in [5.74, 6) is 0.146. The summed E-state index contributed by atoms with van der Waals surface area (Å²) in [5, 5.41) is 11.7. The van der Waals surface area contributed by atoms with Gasteiger partial charge in [-0.05, 0) is 29.7 Å². The Balaban J connectivity index is 2.79. The molecular formula is C13H20N2O3. The van der Waals surface area contributed by atoms with Gasteiger partial charge in [-0.25, -0.2) is 0 Å². The second-order valence-corrected chi connectivity index (χ2v) is 4.44. The Morgan fingerprint density at radius 3 is 2.67 bits per heavy atom. The molecule has 4 N–H and O–H groups in total. The maximum absolute atomic E-state index is 10.6. The number of anilines is 1. The first kappa shape index (κ1) is 14.3. The molecule has 1 aromatic rings. The molecule has 1 unspecified atom stereocenters. The van der Waals surface area contributed by atoms with Gasteiger partial charge in [0.05, 0.1) is 7.11 Å². The number of carboxylic acids is 1. The molecule has 18 heavy (non-hydrogen) atoms. The van der Waals surface area contributed by atoms with E-state index in [-0.39, 0.29) is 6.54 Å². The minimum atomic E-state index is -1.01. The molecule has 0 saturated heterocycles. The highest BCUT2D eigenvalue weighted by atomic mass is 16.5. The van der Waals surface area contributed by atoms with Gasteiger partial charge < -0.3 is 20.9 Å². The van der Waals surface area contributed by atoms with Crippen molar-refractivity contribution in [3.63, 3.8) is 0 Å². The number of hydrogen-bond donors (Lipinski definition) is 3. The average Bonchev–Trinajstić information content (AvgIpc) is 2.35. The van der Waals surface area contributed by atoms with E-state index in [9.17, 15) is 4.79 Å². The van der Waals surface area contributed by atoms with Gasteiger partial charge in [-0.15, -0.1) is 0 Å². The van der Waals surface area contributed by atoms with Gasteiger partial charge in [0.25, 0.3) is 0 Å². The zero-order valence-corrected chi connectivity index (χ0v) is 10.9. The Morgan fingerprint density at radius 2 is 2.17 bits per heavy atom. The number of benzene rings is 1. The summed E-state index contributed by atoms with van der Waals surface area (Å²) in [7, 11) is 1.63. The van der Waals surface area contributed by atoms with Crippen LogP contribution in [0, 0.1) is 0 Å². The van der Waals surface area contributed by atoms with Crippen molar-refractivity contribution in [1.82, 2.24) is 0 Å². The largest absolute Gasteiger partial charge is 0.496 e. The van der Waals surface area contributed by atoms with Gasteiger partial charge in [-0.2, -0.15) is 0 Å². The summed E-state index contributed by atoms with van der Waals surface area (Å²) in [6.07, 6.45) is 0. The lowest BCUT2D eigenvalue weighted by molar-refractivity contribution is -0.138. The van der Waals surface area contributed by atoms with Crippen LogP contribution in [0.4, 0.5) is 5.69 Å². The highest BCUT2D eigenvalue weighted by molar-refractivity contribution is 5.74. The second-order valence-electron chi connectivity index (χ2n) is 4.44. The molecule has 0 fully saturated rings. The van der Waals surface area contributed by atoms with E-state index in [4.69, 9.17) is 15.6 Å². The number of aliphatic carboxylic acids is 1. The van der Waals surface area contributed by atoms with E-state index >= 15 is 0 Å². The number of rotatable bonds is 6. The van der Waals surface area contributed by atoms with Gasteiger partial charge in [0.1, 0.15) is 11.8 Å². The van der Waals surface area contributed by atoms with Gasteiger partial charge in [0, 0.05) is 12.2 Å². The van der Waals surface area contributed by atoms with Crippen molar-refractivity contribution in [3.05, 3.63) is 23.8 Å². The third-order valence-electron chi connectivity index (χ3n) is 2.70. The van der Waals surface area contributed by atoms with E-state index < -0.39 is 12.0 Å². The van der Waals surface area contributed by atoms with Crippen LogP contribution in [0.15, 0.2) is 18.2 Å². The Bertz CT molecular complexity index is 419. The monoisotopic (exact) mass is 252 g/mol. The van der Waals surface area contributed by atoms with Crippen molar-refractivity contribution in [1.29, 1.82) is 0 Å². The SMILES string of the molecule is COc1ccc(NCC(N)C(=O)O)cc1C(C)C. The molecule has 1 aromatic carbocycles. The average molecular weight is 252 g/mol. The van der Waals surface area contributed by atoms with E-state index in [2.05, 4.69) is 19.2 Å². The van der Waals surface area contributed by atoms with Crippen molar-refractivity contribution in [3.8, 4) is 5.75 Å². The highest BCUT2D eigenvalue weighted by Gasteiger charge is 2.12. The third-order valence-corrected chi connectivity index (χ3v) is 2.70. The second kappa shape index (κ2) is 6.26. The predicted molar refractivity (Wildman–Crippen MR) is 71.2 cm³/mol. The number of carbonyl (C=O) groups is 1. The maximum atomic E-state index is 10.6. The predicted octanol–water partition coefficient (Wildman–Crippen LogP) is 1.64. The summed E-state index contributed by atoms with van der Waals surface area (Å²) in [4.78, 5) is 10.6. The van der Waals surface area contributed by atoms with Crippen LogP contribution in [-0.2, 0) is 4.79 Å². The fourth-order valence-electron chi connectivity index (χ4n) is 1.61. The van der Waals surface area contributed by atoms with E-state index in [1.165, 1.54) is 0 Å². The summed E-state index contributed by atoms with van der Waals surface area (Å²) in [6.45, 7) is 4.34. The first-order chi connectivity index (χ1) is 8.45. The standard InChI is InChI=1S/C13H20N2O3/c1-8(2)10-6-9(4-5-12(10)18-3)15-7-11(14)13(16)17/h4-6,8,11,15H,7,14H2,1-3H3,(H,16,17). The molecule has 0 aliphatic carbocycles. The number of methoxy groups -OCH3 is 1. The van der Waals surface area contributed by atoms with Gasteiger partial charge in [-0.1, -0.05) is 13.8 Å². The molecule has 0 heterocycles. The molecule has 0 spiro atoms. The van der Waals surface area contributed by atoms with Crippen LogP contribution in [0.2, 0.25) is 0 Å². The van der Waals surface area contributed by atoms with Crippen LogP contribution in [-0.4, -0.2) is 30.8 Å². The summed E-state index contributed by atoms with van der Waals surface area (Å²) >= 11 is 0. The smallest absolute Gasteiger partial charge is 0.322 e. The number of carboxylic acid groups (broad SMARTS) is 1. The Morgan fingerprint density at radius 1 is 1.50 bits per heavy atom. The molecule has 0 aliphatic heterocycles. The van der Waals surface area contributed by atoms with E-state index in [0.29, 0.717) is 5.92 Å². The molecule has 100 valence electrons. The van der Waals surface area contributed by atoms with E-state index in [0.717, 1.165) is 17.0 Å². The minimum Gasteiger partial charge on any atom is -0.496 e. The lowest BCUT2D eigenvalue weighted by Gasteiger charge is -2.15. The van der Waals surface area contributed by atoms with Crippen LogP contribution in [0.25, 0.3) is 0 Å². The summed E-state index contributed by atoms with van der Waals surface area (Å²) < 4.78 is 5.28. The molecule has 0 amide bonds. The zero-order valence-electron chi connectivity index (χ0n) is 10.9. The molecule has 0 saturated carbocycles. The van der Waals surface area contributed by atoms with E-state index in [1.54, 1.807) is 7.11 Å². The Hall–Kier alpha value is -1.75. The molecule has 0 bridgehead atoms. The van der Waals surface area contributed by atoms with Crippen LogP contribution < -0.4 is 15.8 Å². The minimum absolute atomic E-state index is 0.194. The highest BCUT2D eigenvalue weighted by Crippen LogP contribution is 2.29. The van der Waals surface area contributed by atoms with Crippen molar-refractivity contribution in [2.45, 2.75) is 25.8 Å². The van der Waals surface area contributed by atoms with Crippen LogP contribution in [0.5, 0.6) is 5.75 Å². The van der Waals surface area contributed by atoms with Crippen molar-refractivity contribution < 1.29 is 14.6 Å². The third kappa shape index (κ3) is 3.63. The zero-order chi connectivity index (χ0) is 13.7. The first-order valence-electron chi connectivity index (χ1n) is 5.86. The topological polar surface area (TPSA) is 84.6 Å². The molecule has 0 radical (unpaired) electrons. The number of nitrogens with two attached hydrogens (primary N) is 1. The van der Waals surface area contributed by atoms with Crippen molar-refractivity contribution in [2.75, 3.05) is 19.0 Å². The van der Waals surface area contributed by atoms with Gasteiger partial charge >= 0.3 is 5.97 Å². The van der Waals surface area contributed by atoms with Crippen LogP contribution in [0.3, 0.4) is 0 Å². The normalized spacial score (nSPS) is 12.3. The molecule has 5 heteroatoms. The molecule has 5 nitrogen and oxygen atoms in total. The number of ether oxygens (including phenoxy) is 1. The van der Waals surface area contributed by atoms with Gasteiger partial charge in [0.15, 0.2) is 0 Å². The number of nitrogens with one attached hydrogen (secondary N) is 1. The lowest BCUT2D eigenvalue weighted by atomic mass is 10.0. The Labute approximate surface area is 107 Å². The quantitative estimate of drug-likeness (QED) is 0.716.